The highest BCUT2D eigenvalue weighted by molar-refractivity contribution is 7.89. The summed E-state index contributed by atoms with van der Waals surface area (Å²) in [6, 6.07) is 2.71. The van der Waals surface area contributed by atoms with E-state index in [1.165, 1.54) is 19.2 Å². The minimum Gasteiger partial charge on any atom is -0.495 e. The van der Waals surface area contributed by atoms with Gasteiger partial charge in [-0.05, 0) is 19.0 Å². The zero-order valence-corrected chi connectivity index (χ0v) is 15.3. The third-order valence-electron chi connectivity index (χ3n) is 3.65. The number of nitrogens with one attached hydrogen (secondary N) is 2. The molecule has 9 heteroatoms. The van der Waals surface area contributed by atoms with Gasteiger partial charge in [0.2, 0.25) is 10.0 Å². The molecule has 1 aromatic carbocycles. The lowest BCUT2D eigenvalue weighted by Gasteiger charge is -2.27. The van der Waals surface area contributed by atoms with Crippen LogP contribution in [0.15, 0.2) is 17.0 Å². The van der Waals surface area contributed by atoms with E-state index in [9.17, 15) is 8.42 Å². The van der Waals surface area contributed by atoms with Crippen molar-refractivity contribution in [1.82, 2.24) is 14.9 Å². The van der Waals surface area contributed by atoms with Gasteiger partial charge in [0, 0.05) is 38.8 Å². The van der Waals surface area contributed by atoms with Gasteiger partial charge >= 0.3 is 0 Å². The number of hydrogen-bond acceptors (Lipinski definition) is 5. The molecule has 1 aromatic rings. The van der Waals surface area contributed by atoms with Crippen LogP contribution < -0.4 is 14.8 Å². The minimum absolute atomic E-state index is 0.0351. The summed E-state index contributed by atoms with van der Waals surface area (Å²) in [4.78, 5) is 2.27. The van der Waals surface area contributed by atoms with Gasteiger partial charge in [-0.3, -0.25) is 0 Å². The molecule has 2 rings (SSSR count). The minimum atomic E-state index is -3.69. The van der Waals surface area contributed by atoms with Crippen molar-refractivity contribution in [3.05, 3.63) is 22.2 Å². The number of sulfonamides is 1. The quantitative estimate of drug-likeness (QED) is 0.701. The molecular weight excluding hydrogens is 361 g/mol. The second kappa shape index (κ2) is 8.50. The molecular formula is C14H21Cl2N3O3S. The smallest absolute Gasteiger partial charge is 0.242 e. The Morgan fingerprint density at radius 3 is 2.61 bits per heavy atom. The summed E-state index contributed by atoms with van der Waals surface area (Å²) in [5, 5.41) is 3.57. The van der Waals surface area contributed by atoms with E-state index in [2.05, 4.69) is 14.9 Å². The number of benzene rings is 1. The van der Waals surface area contributed by atoms with E-state index in [4.69, 9.17) is 27.9 Å². The first-order valence-corrected chi connectivity index (χ1v) is 9.64. The van der Waals surface area contributed by atoms with E-state index < -0.39 is 10.0 Å². The Bertz CT molecular complexity index is 634. The molecule has 6 nitrogen and oxygen atoms in total. The average Bonchev–Trinajstić information content (AvgIpc) is 2.54. The lowest BCUT2D eigenvalue weighted by atomic mass is 10.3. The van der Waals surface area contributed by atoms with Crippen LogP contribution in [0.3, 0.4) is 0 Å². The highest BCUT2D eigenvalue weighted by Gasteiger charge is 2.20. The number of piperazine rings is 1. The van der Waals surface area contributed by atoms with E-state index >= 15 is 0 Å². The molecule has 0 aliphatic carbocycles. The van der Waals surface area contributed by atoms with Gasteiger partial charge in [0.25, 0.3) is 0 Å². The van der Waals surface area contributed by atoms with Crippen LogP contribution in [0.1, 0.15) is 6.42 Å². The average molecular weight is 382 g/mol. The Morgan fingerprint density at radius 2 is 1.96 bits per heavy atom. The first-order chi connectivity index (χ1) is 10.9. The summed E-state index contributed by atoms with van der Waals surface area (Å²) >= 11 is 12.0. The highest BCUT2D eigenvalue weighted by atomic mass is 35.5. The molecule has 2 N–H and O–H groups in total. The lowest BCUT2D eigenvalue weighted by molar-refractivity contribution is 0.239. The van der Waals surface area contributed by atoms with Crippen molar-refractivity contribution < 1.29 is 13.2 Å². The largest absolute Gasteiger partial charge is 0.495 e. The Balaban J connectivity index is 1.92. The number of methoxy groups -OCH3 is 1. The summed E-state index contributed by atoms with van der Waals surface area (Å²) in [6.07, 6.45) is 0.737. The van der Waals surface area contributed by atoms with Crippen LogP contribution in [0.4, 0.5) is 0 Å². The molecule has 0 saturated carbocycles. The van der Waals surface area contributed by atoms with Crippen LogP contribution >= 0.6 is 23.2 Å². The highest BCUT2D eigenvalue weighted by Crippen LogP contribution is 2.33. The number of nitrogens with zero attached hydrogens (tertiary/aromatic N) is 1. The summed E-state index contributed by atoms with van der Waals surface area (Å²) < 4.78 is 32.3. The van der Waals surface area contributed by atoms with Gasteiger partial charge in [0.15, 0.2) is 0 Å². The molecule has 0 radical (unpaired) electrons. The van der Waals surface area contributed by atoms with E-state index in [1.807, 2.05) is 0 Å². The van der Waals surface area contributed by atoms with Gasteiger partial charge in [0.1, 0.15) is 10.6 Å². The van der Waals surface area contributed by atoms with Crippen molar-refractivity contribution in [2.75, 3.05) is 46.4 Å². The van der Waals surface area contributed by atoms with Gasteiger partial charge in [-0.1, -0.05) is 23.2 Å². The number of ether oxygens (including phenoxy) is 1. The zero-order chi connectivity index (χ0) is 16.9. The molecule has 130 valence electrons. The van der Waals surface area contributed by atoms with Crippen molar-refractivity contribution in [2.45, 2.75) is 11.3 Å². The predicted octanol–water partition coefficient (Wildman–Crippen LogP) is 1.58. The molecule has 1 saturated heterocycles. The van der Waals surface area contributed by atoms with Gasteiger partial charge in [-0.25, -0.2) is 13.1 Å². The van der Waals surface area contributed by atoms with Crippen molar-refractivity contribution in [2.24, 2.45) is 0 Å². The lowest BCUT2D eigenvalue weighted by Crippen LogP contribution is -2.44. The van der Waals surface area contributed by atoms with Crippen LogP contribution in [-0.4, -0.2) is 59.7 Å². The molecule has 1 aliphatic heterocycles. The molecule has 0 spiro atoms. The van der Waals surface area contributed by atoms with E-state index in [1.54, 1.807) is 0 Å². The summed E-state index contributed by atoms with van der Waals surface area (Å²) in [5.74, 6) is 0.342. The van der Waals surface area contributed by atoms with Crippen molar-refractivity contribution in [3.8, 4) is 5.75 Å². The number of halogens is 2. The van der Waals surface area contributed by atoms with Crippen LogP contribution in [0.5, 0.6) is 5.75 Å². The Morgan fingerprint density at radius 1 is 1.26 bits per heavy atom. The van der Waals surface area contributed by atoms with Crippen LogP contribution in [-0.2, 0) is 10.0 Å². The summed E-state index contributed by atoms with van der Waals surface area (Å²) in [7, 11) is -2.25. The first kappa shape index (κ1) is 18.8. The maximum atomic E-state index is 12.3. The third-order valence-corrected chi connectivity index (χ3v) is 5.87. The third kappa shape index (κ3) is 5.20. The molecule has 0 bridgehead atoms. The van der Waals surface area contributed by atoms with Crippen LogP contribution in [0.25, 0.3) is 0 Å². The normalized spacial score (nSPS) is 16.5. The number of rotatable bonds is 7. The Kier molecular flexibility index (Phi) is 6.94. The first-order valence-electron chi connectivity index (χ1n) is 7.40. The molecule has 0 unspecified atom stereocenters. The van der Waals surface area contributed by atoms with Gasteiger partial charge in [0.05, 0.1) is 17.2 Å². The molecule has 23 heavy (non-hydrogen) atoms. The standard InChI is InChI=1S/C14H21Cl2N3O3S/c1-22-13-9-12(16)14(10-11(13)15)23(20,21)18-3-2-6-19-7-4-17-5-8-19/h9-10,17-18H,2-8H2,1H3. The summed E-state index contributed by atoms with van der Waals surface area (Å²) in [6.45, 7) is 5.16. The molecule has 0 amide bonds. The van der Waals surface area contributed by atoms with Crippen LogP contribution in [0.2, 0.25) is 10.0 Å². The second-order valence-electron chi connectivity index (χ2n) is 5.26. The van der Waals surface area contributed by atoms with Crippen LogP contribution in [0, 0.1) is 0 Å². The Labute approximate surface area is 147 Å². The van der Waals surface area contributed by atoms with Gasteiger partial charge < -0.3 is 15.0 Å². The monoisotopic (exact) mass is 381 g/mol. The predicted molar refractivity (Wildman–Crippen MR) is 92.1 cm³/mol. The second-order valence-corrected chi connectivity index (χ2v) is 7.81. The fraction of sp³-hybridized carbons (Fsp3) is 0.571. The van der Waals surface area contributed by atoms with E-state index in [0.29, 0.717) is 12.3 Å². The summed E-state index contributed by atoms with van der Waals surface area (Å²) in [5.41, 5.74) is 0. The Hall–Kier alpha value is -0.570. The molecule has 1 aliphatic rings. The van der Waals surface area contributed by atoms with Crippen molar-refractivity contribution in [3.63, 3.8) is 0 Å². The molecule has 1 heterocycles. The van der Waals surface area contributed by atoms with E-state index in [-0.39, 0.29) is 14.9 Å². The van der Waals surface area contributed by atoms with Crippen molar-refractivity contribution >= 4 is 33.2 Å². The fourth-order valence-corrected chi connectivity index (χ4v) is 4.32. The molecule has 0 atom stereocenters. The maximum Gasteiger partial charge on any atom is 0.242 e. The van der Waals surface area contributed by atoms with E-state index in [0.717, 1.165) is 39.1 Å². The number of hydrogen-bond donors (Lipinski definition) is 2. The van der Waals surface area contributed by atoms with Gasteiger partial charge in [-0.2, -0.15) is 0 Å². The SMILES string of the molecule is COc1cc(Cl)c(S(=O)(=O)NCCCN2CCNCC2)cc1Cl. The van der Waals surface area contributed by atoms with Crippen molar-refractivity contribution in [1.29, 1.82) is 0 Å². The van der Waals surface area contributed by atoms with Gasteiger partial charge in [-0.15, -0.1) is 0 Å². The fourth-order valence-electron chi connectivity index (χ4n) is 2.39. The zero-order valence-electron chi connectivity index (χ0n) is 12.9. The molecule has 1 fully saturated rings. The maximum absolute atomic E-state index is 12.3. The topological polar surface area (TPSA) is 70.7 Å². The molecule has 0 aromatic heterocycles.